The molecular formula is C15H26N4O. The molecular weight excluding hydrogens is 252 g/mol. The van der Waals surface area contributed by atoms with Crippen LogP contribution in [0.25, 0.3) is 0 Å². The Kier molecular flexibility index (Phi) is 5.17. The van der Waals surface area contributed by atoms with Gasteiger partial charge >= 0.3 is 0 Å². The number of aryl methyl sites for hydroxylation is 1. The standard InChI is InChI=1S/C15H26N4O/c1-4-8-16-14-11(2)15(18-12(3)17-14)19(9-10-20)13-6-5-7-13/h13,20H,4-10H2,1-3H3,(H,16,17,18). The van der Waals surface area contributed by atoms with Crippen molar-refractivity contribution in [2.75, 3.05) is 29.9 Å². The lowest BCUT2D eigenvalue weighted by molar-refractivity contribution is 0.282. The Morgan fingerprint density at radius 1 is 1.30 bits per heavy atom. The van der Waals surface area contributed by atoms with E-state index in [1.807, 2.05) is 6.92 Å². The van der Waals surface area contributed by atoms with Gasteiger partial charge in [-0.15, -0.1) is 0 Å². The van der Waals surface area contributed by atoms with Crippen molar-refractivity contribution in [1.29, 1.82) is 0 Å². The largest absolute Gasteiger partial charge is 0.395 e. The molecule has 1 aliphatic rings. The number of hydrogen-bond donors (Lipinski definition) is 2. The van der Waals surface area contributed by atoms with Crippen LogP contribution in [0.4, 0.5) is 11.6 Å². The topological polar surface area (TPSA) is 61.3 Å². The summed E-state index contributed by atoms with van der Waals surface area (Å²) in [7, 11) is 0. The van der Waals surface area contributed by atoms with Crippen LogP contribution < -0.4 is 10.2 Å². The summed E-state index contributed by atoms with van der Waals surface area (Å²) in [6.07, 6.45) is 4.73. The lowest BCUT2D eigenvalue weighted by Crippen LogP contribution is -2.43. The van der Waals surface area contributed by atoms with E-state index >= 15 is 0 Å². The highest BCUT2D eigenvalue weighted by Crippen LogP contribution is 2.32. The van der Waals surface area contributed by atoms with Crippen LogP contribution in [-0.2, 0) is 0 Å². The second kappa shape index (κ2) is 6.88. The van der Waals surface area contributed by atoms with Crippen LogP contribution in [0.5, 0.6) is 0 Å². The van der Waals surface area contributed by atoms with Crippen LogP contribution in [0.2, 0.25) is 0 Å². The zero-order valence-electron chi connectivity index (χ0n) is 12.8. The lowest BCUT2D eigenvalue weighted by Gasteiger charge is -2.39. The third-order valence-electron chi connectivity index (χ3n) is 3.90. The van der Waals surface area contributed by atoms with Crippen molar-refractivity contribution in [3.8, 4) is 0 Å². The van der Waals surface area contributed by atoms with E-state index < -0.39 is 0 Å². The first kappa shape index (κ1) is 15.0. The number of aliphatic hydroxyl groups is 1. The fraction of sp³-hybridized carbons (Fsp3) is 0.733. The Labute approximate surface area is 121 Å². The first-order valence-corrected chi connectivity index (χ1v) is 7.64. The van der Waals surface area contributed by atoms with Gasteiger partial charge in [0.25, 0.3) is 0 Å². The Morgan fingerprint density at radius 3 is 2.60 bits per heavy atom. The van der Waals surface area contributed by atoms with Gasteiger partial charge in [0.2, 0.25) is 0 Å². The molecule has 0 unspecified atom stereocenters. The van der Waals surface area contributed by atoms with Gasteiger partial charge in [0, 0.05) is 24.7 Å². The minimum absolute atomic E-state index is 0.163. The Hall–Kier alpha value is -1.36. The van der Waals surface area contributed by atoms with Crippen molar-refractivity contribution in [1.82, 2.24) is 9.97 Å². The number of rotatable bonds is 7. The van der Waals surface area contributed by atoms with Crippen LogP contribution >= 0.6 is 0 Å². The molecule has 0 radical (unpaired) electrons. The van der Waals surface area contributed by atoms with Gasteiger partial charge in [0.15, 0.2) is 0 Å². The number of anilines is 2. The number of nitrogens with zero attached hydrogens (tertiary/aromatic N) is 3. The van der Waals surface area contributed by atoms with Gasteiger partial charge in [-0.2, -0.15) is 0 Å². The summed E-state index contributed by atoms with van der Waals surface area (Å²) in [4.78, 5) is 11.4. The summed E-state index contributed by atoms with van der Waals surface area (Å²) in [5.41, 5.74) is 1.09. The number of aromatic nitrogens is 2. The van der Waals surface area contributed by atoms with E-state index in [-0.39, 0.29) is 6.61 Å². The first-order chi connectivity index (χ1) is 9.67. The molecule has 1 saturated carbocycles. The van der Waals surface area contributed by atoms with Gasteiger partial charge in [-0.3, -0.25) is 0 Å². The number of aliphatic hydroxyl groups excluding tert-OH is 1. The highest BCUT2D eigenvalue weighted by molar-refractivity contribution is 5.59. The molecule has 1 aromatic rings. The van der Waals surface area contributed by atoms with E-state index in [0.717, 1.165) is 36.0 Å². The summed E-state index contributed by atoms with van der Waals surface area (Å²) in [6, 6.07) is 0.522. The maximum atomic E-state index is 9.34. The number of hydrogen-bond acceptors (Lipinski definition) is 5. The quantitative estimate of drug-likeness (QED) is 0.801. The fourth-order valence-electron chi connectivity index (χ4n) is 2.58. The SMILES string of the molecule is CCCNc1nc(C)nc(N(CCO)C2CCC2)c1C. The van der Waals surface area contributed by atoms with E-state index in [1.165, 1.54) is 19.3 Å². The second-order valence-electron chi connectivity index (χ2n) is 5.50. The maximum Gasteiger partial charge on any atom is 0.137 e. The van der Waals surface area contributed by atoms with Crippen molar-refractivity contribution in [3.63, 3.8) is 0 Å². The highest BCUT2D eigenvalue weighted by atomic mass is 16.3. The first-order valence-electron chi connectivity index (χ1n) is 7.64. The average Bonchev–Trinajstić information content (AvgIpc) is 2.37. The molecule has 2 rings (SSSR count). The molecule has 1 aromatic heterocycles. The van der Waals surface area contributed by atoms with E-state index in [2.05, 4.69) is 34.0 Å². The zero-order chi connectivity index (χ0) is 14.5. The van der Waals surface area contributed by atoms with Crippen LogP contribution in [-0.4, -0.2) is 40.8 Å². The van der Waals surface area contributed by atoms with Gasteiger partial charge in [0.1, 0.15) is 17.5 Å². The summed E-state index contributed by atoms with van der Waals surface area (Å²) in [5.74, 6) is 2.69. The summed E-state index contributed by atoms with van der Waals surface area (Å²) in [6.45, 7) is 7.86. The predicted octanol–water partition coefficient (Wildman–Crippen LogP) is 2.27. The van der Waals surface area contributed by atoms with E-state index in [4.69, 9.17) is 0 Å². The van der Waals surface area contributed by atoms with Crippen molar-refractivity contribution >= 4 is 11.6 Å². The van der Waals surface area contributed by atoms with Crippen molar-refractivity contribution in [3.05, 3.63) is 11.4 Å². The van der Waals surface area contributed by atoms with Crippen molar-refractivity contribution < 1.29 is 5.11 Å². The molecule has 1 heterocycles. The molecule has 112 valence electrons. The van der Waals surface area contributed by atoms with Crippen LogP contribution in [0, 0.1) is 13.8 Å². The van der Waals surface area contributed by atoms with Gasteiger partial charge in [-0.1, -0.05) is 6.92 Å². The van der Waals surface area contributed by atoms with Crippen molar-refractivity contribution in [2.24, 2.45) is 0 Å². The van der Waals surface area contributed by atoms with Gasteiger partial charge in [0.05, 0.1) is 6.61 Å². The molecule has 2 N–H and O–H groups in total. The van der Waals surface area contributed by atoms with Gasteiger partial charge in [-0.25, -0.2) is 9.97 Å². The molecule has 0 aromatic carbocycles. The van der Waals surface area contributed by atoms with Gasteiger partial charge < -0.3 is 15.3 Å². The molecule has 0 aliphatic heterocycles. The Balaban J connectivity index is 2.29. The molecule has 0 bridgehead atoms. The molecule has 1 fully saturated rings. The van der Waals surface area contributed by atoms with E-state index in [1.54, 1.807) is 0 Å². The smallest absolute Gasteiger partial charge is 0.137 e. The summed E-state index contributed by atoms with van der Waals surface area (Å²) >= 11 is 0. The van der Waals surface area contributed by atoms with Crippen LogP contribution in [0.1, 0.15) is 44.0 Å². The highest BCUT2D eigenvalue weighted by Gasteiger charge is 2.27. The summed E-state index contributed by atoms with van der Waals surface area (Å²) in [5, 5.41) is 12.7. The fourth-order valence-corrected chi connectivity index (χ4v) is 2.58. The third kappa shape index (κ3) is 3.20. The molecule has 5 nitrogen and oxygen atoms in total. The average molecular weight is 278 g/mol. The van der Waals surface area contributed by atoms with E-state index in [9.17, 15) is 5.11 Å². The molecule has 0 amide bonds. The molecule has 1 aliphatic carbocycles. The predicted molar refractivity (Wildman–Crippen MR) is 82.4 cm³/mol. The third-order valence-corrected chi connectivity index (χ3v) is 3.90. The van der Waals surface area contributed by atoms with Crippen LogP contribution in [0.3, 0.4) is 0 Å². The lowest BCUT2D eigenvalue weighted by atomic mass is 9.91. The van der Waals surface area contributed by atoms with E-state index in [0.29, 0.717) is 12.6 Å². The molecule has 0 spiro atoms. The monoisotopic (exact) mass is 278 g/mol. The maximum absolute atomic E-state index is 9.34. The minimum atomic E-state index is 0.163. The zero-order valence-corrected chi connectivity index (χ0v) is 12.8. The summed E-state index contributed by atoms with van der Waals surface area (Å²) < 4.78 is 0. The molecule has 0 saturated heterocycles. The minimum Gasteiger partial charge on any atom is -0.395 e. The second-order valence-corrected chi connectivity index (χ2v) is 5.50. The Bertz CT molecular complexity index is 446. The normalized spacial score (nSPS) is 15.0. The van der Waals surface area contributed by atoms with Crippen LogP contribution in [0.15, 0.2) is 0 Å². The molecule has 5 heteroatoms. The van der Waals surface area contributed by atoms with Crippen molar-refractivity contribution in [2.45, 2.75) is 52.5 Å². The molecule has 20 heavy (non-hydrogen) atoms. The Morgan fingerprint density at radius 2 is 2.05 bits per heavy atom. The molecule has 0 atom stereocenters. The number of nitrogens with one attached hydrogen (secondary N) is 1. The van der Waals surface area contributed by atoms with Gasteiger partial charge in [-0.05, 0) is 39.5 Å².